The van der Waals surface area contributed by atoms with E-state index < -0.39 is 5.97 Å². The number of thioether (sulfide) groups is 1. The number of hydrogen-bond donors (Lipinski definition) is 1. The van der Waals surface area contributed by atoms with Crippen molar-refractivity contribution in [1.29, 1.82) is 0 Å². The van der Waals surface area contributed by atoms with E-state index in [-0.39, 0.29) is 6.42 Å². The van der Waals surface area contributed by atoms with Crippen LogP contribution in [0.5, 0.6) is 0 Å². The minimum Gasteiger partial charge on any atom is -0.481 e. The molecule has 4 rings (SSSR count). The first-order valence-corrected chi connectivity index (χ1v) is 10.7. The summed E-state index contributed by atoms with van der Waals surface area (Å²) in [7, 11) is 0. The molecular weight excluding hydrogens is 376 g/mol. The molecule has 2 aromatic heterocycles. The van der Waals surface area contributed by atoms with Gasteiger partial charge >= 0.3 is 5.97 Å². The van der Waals surface area contributed by atoms with Gasteiger partial charge in [-0.15, -0.1) is 11.3 Å². The van der Waals surface area contributed by atoms with Gasteiger partial charge in [-0.2, -0.15) is 0 Å². The van der Waals surface area contributed by atoms with Crippen LogP contribution in [0.1, 0.15) is 24.0 Å². The van der Waals surface area contributed by atoms with E-state index in [4.69, 9.17) is 10.1 Å². The van der Waals surface area contributed by atoms with E-state index in [1.54, 1.807) is 23.1 Å². The Labute approximate surface area is 165 Å². The Morgan fingerprint density at radius 2 is 2.11 bits per heavy atom. The van der Waals surface area contributed by atoms with Crippen LogP contribution in [0.15, 0.2) is 53.0 Å². The molecule has 0 spiro atoms. The average Bonchev–Trinajstić information content (AvgIpc) is 3.21. The van der Waals surface area contributed by atoms with Gasteiger partial charge in [0.05, 0.1) is 17.6 Å². The molecule has 1 N–H and O–H groups in total. The molecule has 0 saturated heterocycles. The molecule has 0 amide bonds. The van der Waals surface area contributed by atoms with Gasteiger partial charge < -0.3 is 9.67 Å². The zero-order chi connectivity index (χ0) is 18.8. The van der Waals surface area contributed by atoms with Gasteiger partial charge in [0.2, 0.25) is 0 Å². The number of rotatable bonds is 7. The molecule has 4 aromatic rings. The maximum absolute atomic E-state index is 10.8. The standard InChI is InChI=1S/C21H20N2O2S2/c1-14-8-9-17-18(11-14)23(21(22-17)26-10-4-7-20(24)25)12-15-13-27-19-6-3-2-5-16(15)19/h2-3,5-6,8-9,11,13H,4,7,10,12H2,1H3,(H,24,25). The number of carbonyl (C=O) groups is 1. The highest BCUT2D eigenvalue weighted by molar-refractivity contribution is 7.99. The van der Waals surface area contributed by atoms with Crippen LogP contribution in [0.4, 0.5) is 0 Å². The number of aliphatic carboxylic acids is 1. The van der Waals surface area contributed by atoms with Crippen molar-refractivity contribution in [2.24, 2.45) is 0 Å². The van der Waals surface area contributed by atoms with Gasteiger partial charge in [0.1, 0.15) is 0 Å². The van der Waals surface area contributed by atoms with Gasteiger partial charge in [-0.05, 0) is 53.4 Å². The number of benzene rings is 2. The molecule has 2 aromatic carbocycles. The number of carboxylic acids is 1. The van der Waals surface area contributed by atoms with Crippen LogP contribution in [0.3, 0.4) is 0 Å². The molecule has 27 heavy (non-hydrogen) atoms. The minimum absolute atomic E-state index is 0.196. The van der Waals surface area contributed by atoms with Crippen molar-refractivity contribution in [2.75, 3.05) is 5.75 Å². The molecule has 0 unspecified atom stereocenters. The normalized spacial score (nSPS) is 11.4. The molecule has 138 valence electrons. The summed E-state index contributed by atoms with van der Waals surface area (Å²) in [5.74, 6) is 0.00314. The molecule has 0 aliphatic carbocycles. The van der Waals surface area contributed by atoms with Crippen LogP contribution < -0.4 is 0 Å². The molecule has 0 saturated carbocycles. The number of carboxylic acid groups (broad SMARTS) is 1. The average molecular weight is 397 g/mol. The van der Waals surface area contributed by atoms with Crippen molar-refractivity contribution >= 4 is 50.2 Å². The number of nitrogens with zero attached hydrogens (tertiary/aromatic N) is 2. The first-order valence-electron chi connectivity index (χ1n) is 8.88. The quantitative estimate of drug-likeness (QED) is 0.328. The van der Waals surface area contributed by atoms with E-state index >= 15 is 0 Å². The lowest BCUT2D eigenvalue weighted by atomic mass is 10.1. The second-order valence-electron chi connectivity index (χ2n) is 6.58. The summed E-state index contributed by atoms with van der Waals surface area (Å²) in [6.45, 7) is 2.86. The number of hydrogen-bond acceptors (Lipinski definition) is 4. The van der Waals surface area contributed by atoms with E-state index in [1.165, 1.54) is 21.2 Å². The lowest BCUT2D eigenvalue weighted by Crippen LogP contribution is -2.02. The minimum atomic E-state index is -0.746. The summed E-state index contributed by atoms with van der Waals surface area (Å²) < 4.78 is 3.56. The Bertz CT molecular complexity index is 1110. The summed E-state index contributed by atoms with van der Waals surface area (Å²) in [5.41, 5.74) is 4.62. The first-order chi connectivity index (χ1) is 13.1. The molecule has 2 heterocycles. The number of aromatic nitrogens is 2. The van der Waals surface area contributed by atoms with Crippen LogP contribution in [0.2, 0.25) is 0 Å². The second-order valence-corrected chi connectivity index (χ2v) is 8.55. The predicted molar refractivity (Wildman–Crippen MR) is 113 cm³/mol. The monoisotopic (exact) mass is 396 g/mol. The highest BCUT2D eigenvalue weighted by Crippen LogP contribution is 2.31. The number of thiophene rings is 1. The van der Waals surface area contributed by atoms with Crippen molar-refractivity contribution < 1.29 is 9.90 Å². The zero-order valence-electron chi connectivity index (χ0n) is 15.0. The van der Waals surface area contributed by atoms with Crippen molar-refractivity contribution in [3.63, 3.8) is 0 Å². The third-order valence-corrected chi connectivity index (χ3v) is 6.60. The van der Waals surface area contributed by atoms with Crippen molar-refractivity contribution in [3.05, 3.63) is 59.0 Å². The molecule has 4 nitrogen and oxygen atoms in total. The first kappa shape index (κ1) is 18.1. The fourth-order valence-electron chi connectivity index (χ4n) is 3.19. The summed E-state index contributed by atoms with van der Waals surface area (Å²) in [6, 6.07) is 14.8. The fourth-order valence-corrected chi connectivity index (χ4v) is 5.09. The maximum Gasteiger partial charge on any atom is 0.303 e. The van der Waals surface area contributed by atoms with Gasteiger partial charge in [0.15, 0.2) is 5.16 Å². The van der Waals surface area contributed by atoms with Crippen LogP contribution in [0.25, 0.3) is 21.1 Å². The smallest absolute Gasteiger partial charge is 0.303 e. The Morgan fingerprint density at radius 3 is 2.96 bits per heavy atom. The molecule has 0 radical (unpaired) electrons. The van der Waals surface area contributed by atoms with Crippen molar-refractivity contribution in [3.8, 4) is 0 Å². The lowest BCUT2D eigenvalue weighted by molar-refractivity contribution is -0.137. The summed E-state index contributed by atoms with van der Waals surface area (Å²) in [4.78, 5) is 15.6. The molecule has 0 aliphatic heterocycles. The molecule has 0 fully saturated rings. The van der Waals surface area contributed by atoms with Crippen LogP contribution in [0, 0.1) is 6.92 Å². The number of aryl methyl sites for hydroxylation is 1. The van der Waals surface area contributed by atoms with Gasteiger partial charge in [-0.25, -0.2) is 4.98 Å². The van der Waals surface area contributed by atoms with E-state index in [0.29, 0.717) is 6.42 Å². The maximum atomic E-state index is 10.8. The SMILES string of the molecule is Cc1ccc2nc(SCCCC(=O)O)n(Cc3csc4ccccc34)c2c1. The Morgan fingerprint density at radius 1 is 1.26 bits per heavy atom. The predicted octanol–water partition coefficient (Wildman–Crippen LogP) is 5.56. The summed E-state index contributed by atoms with van der Waals surface area (Å²) in [5, 5.41) is 13.3. The van der Waals surface area contributed by atoms with Gasteiger partial charge in [-0.1, -0.05) is 36.0 Å². The number of imidazole rings is 1. The van der Waals surface area contributed by atoms with Gasteiger partial charge in [0.25, 0.3) is 0 Å². The Balaban J connectivity index is 1.69. The molecule has 6 heteroatoms. The van der Waals surface area contributed by atoms with Crippen LogP contribution in [-0.2, 0) is 11.3 Å². The highest BCUT2D eigenvalue weighted by atomic mass is 32.2. The third kappa shape index (κ3) is 3.87. The molecule has 0 atom stereocenters. The number of fused-ring (bicyclic) bond motifs is 2. The second kappa shape index (κ2) is 7.74. The summed E-state index contributed by atoms with van der Waals surface area (Å²) in [6.07, 6.45) is 0.838. The highest BCUT2D eigenvalue weighted by Gasteiger charge is 2.14. The van der Waals surface area contributed by atoms with Crippen molar-refractivity contribution in [1.82, 2.24) is 9.55 Å². The zero-order valence-corrected chi connectivity index (χ0v) is 16.6. The van der Waals surface area contributed by atoms with E-state index in [1.807, 2.05) is 0 Å². The fraction of sp³-hybridized carbons (Fsp3) is 0.238. The Kier molecular flexibility index (Phi) is 5.18. The molecule has 0 aliphatic rings. The third-order valence-electron chi connectivity index (χ3n) is 4.52. The van der Waals surface area contributed by atoms with Gasteiger partial charge in [0, 0.05) is 16.9 Å². The van der Waals surface area contributed by atoms with E-state index in [0.717, 1.165) is 28.5 Å². The topological polar surface area (TPSA) is 55.1 Å². The van der Waals surface area contributed by atoms with Gasteiger partial charge in [-0.3, -0.25) is 4.79 Å². The molecular formula is C21H20N2O2S2. The van der Waals surface area contributed by atoms with Crippen LogP contribution >= 0.6 is 23.1 Å². The van der Waals surface area contributed by atoms with Crippen molar-refractivity contribution in [2.45, 2.75) is 31.5 Å². The Hall–Kier alpha value is -2.31. The summed E-state index contributed by atoms with van der Waals surface area (Å²) >= 11 is 3.41. The lowest BCUT2D eigenvalue weighted by Gasteiger charge is -2.09. The molecule has 0 bridgehead atoms. The van der Waals surface area contributed by atoms with E-state index in [2.05, 4.69) is 59.3 Å². The largest absolute Gasteiger partial charge is 0.481 e. The van der Waals surface area contributed by atoms with E-state index in [9.17, 15) is 4.79 Å². The van der Waals surface area contributed by atoms with Crippen LogP contribution in [-0.4, -0.2) is 26.4 Å².